The van der Waals surface area contributed by atoms with Gasteiger partial charge in [0.15, 0.2) is 12.0 Å². The molecule has 0 saturated carbocycles. The maximum absolute atomic E-state index is 5.38. The molecule has 23 heavy (non-hydrogen) atoms. The van der Waals surface area contributed by atoms with Gasteiger partial charge in [-0.2, -0.15) is 0 Å². The number of rotatable bonds is 2. The van der Waals surface area contributed by atoms with Crippen molar-refractivity contribution in [3.63, 3.8) is 0 Å². The van der Waals surface area contributed by atoms with Crippen LogP contribution in [0.5, 0.6) is 5.75 Å². The minimum absolute atomic E-state index is 0.254. The predicted octanol–water partition coefficient (Wildman–Crippen LogP) is 1.05. The minimum atomic E-state index is -0.254. The number of amidine groups is 1. The van der Waals surface area contributed by atoms with Crippen LogP contribution in [0.1, 0.15) is 5.56 Å². The van der Waals surface area contributed by atoms with E-state index in [2.05, 4.69) is 37.9 Å². The van der Waals surface area contributed by atoms with Gasteiger partial charge in [0.1, 0.15) is 5.75 Å². The Balaban J connectivity index is 1.77. The van der Waals surface area contributed by atoms with E-state index in [1.165, 1.54) is 0 Å². The highest BCUT2D eigenvalue weighted by atomic mass is 16.5. The number of terminal acetylenes is 1. The average molecular weight is 306 g/mol. The van der Waals surface area contributed by atoms with Crippen molar-refractivity contribution >= 4 is 5.84 Å². The second kappa shape index (κ2) is 6.37. The molecule has 2 aliphatic rings. The molecule has 2 heterocycles. The van der Waals surface area contributed by atoms with Gasteiger partial charge in [0, 0.05) is 18.8 Å². The van der Waals surface area contributed by atoms with Crippen LogP contribution in [0.2, 0.25) is 0 Å². The van der Waals surface area contributed by atoms with Crippen molar-refractivity contribution in [3.8, 4) is 29.9 Å². The Morgan fingerprint density at radius 2 is 2.35 bits per heavy atom. The van der Waals surface area contributed by atoms with E-state index in [9.17, 15) is 0 Å². The number of hydrogen-bond acceptors (Lipinski definition) is 5. The summed E-state index contributed by atoms with van der Waals surface area (Å²) in [5, 5.41) is 3.31. The molecule has 1 atom stereocenters. The Morgan fingerprint density at radius 3 is 3.13 bits per heavy atom. The van der Waals surface area contributed by atoms with Crippen LogP contribution in [0.25, 0.3) is 0 Å². The summed E-state index contributed by atoms with van der Waals surface area (Å²) in [4.78, 5) is 8.74. The van der Waals surface area contributed by atoms with E-state index in [0.29, 0.717) is 6.54 Å². The Bertz CT molecular complexity index is 763. The lowest BCUT2D eigenvalue weighted by molar-refractivity contribution is 0.285. The third kappa shape index (κ3) is 3.25. The molecule has 116 valence electrons. The molecule has 0 bridgehead atoms. The predicted molar refractivity (Wildman–Crippen MR) is 90.5 cm³/mol. The molecule has 5 heteroatoms. The summed E-state index contributed by atoms with van der Waals surface area (Å²) < 4.78 is 5.20. The summed E-state index contributed by atoms with van der Waals surface area (Å²) in [5.74, 6) is 10.6. The van der Waals surface area contributed by atoms with Gasteiger partial charge in [-0.15, -0.1) is 6.42 Å². The summed E-state index contributed by atoms with van der Waals surface area (Å²) >= 11 is 0. The molecular formula is C18H18N4O. The fraction of sp³-hybridized carbons (Fsp3) is 0.278. The second-order valence-corrected chi connectivity index (χ2v) is 5.33. The monoisotopic (exact) mass is 306 g/mol. The first kappa shape index (κ1) is 14.9. The first-order valence-electron chi connectivity index (χ1n) is 7.30. The third-order valence-electron chi connectivity index (χ3n) is 3.57. The van der Waals surface area contributed by atoms with Crippen LogP contribution in [-0.2, 0) is 0 Å². The van der Waals surface area contributed by atoms with Crippen molar-refractivity contribution in [1.82, 2.24) is 15.1 Å². The number of aliphatic imine (C=N–C) groups is 1. The van der Waals surface area contributed by atoms with Crippen molar-refractivity contribution in [1.29, 1.82) is 0 Å². The fourth-order valence-corrected chi connectivity index (χ4v) is 2.53. The number of nitrogens with one attached hydrogen (secondary N) is 1. The molecule has 0 saturated heterocycles. The lowest BCUT2D eigenvalue weighted by atomic mass is 10.2. The van der Waals surface area contributed by atoms with Gasteiger partial charge in [-0.05, 0) is 24.1 Å². The van der Waals surface area contributed by atoms with Gasteiger partial charge in [-0.3, -0.25) is 0 Å². The van der Waals surface area contributed by atoms with E-state index < -0.39 is 0 Å². The number of benzene rings is 1. The summed E-state index contributed by atoms with van der Waals surface area (Å²) in [6.45, 7) is 1.30. The smallest absolute Gasteiger partial charge is 0.184 e. The zero-order valence-electron chi connectivity index (χ0n) is 13.2. The van der Waals surface area contributed by atoms with Gasteiger partial charge in [-0.1, -0.05) is 17.9 Å². The van der Waals surface area contributed by atoms with Gasteiger partial charge in [0.25, 0.3) is 0 Å². The fourth-order valence-electron chi connectivity index (χ4n) is 2.53. The van der Waals surface area contributed by atoms with Crippen molar-refractivity contribution < 1.29 is 4.74 Å². The van der Waals surface area contributed by atoms with Crippen LogP contribution in [0.4, 0.5) is 0 Å². The normalized spacial score (nSPS) is 18.7. The highest BCUT2D eigenvalue weighted by molar-refractivity contribution is 6.00. The topological polar surface area (TPSA) is 40.1 Å². The van der Waals surface area contributed by atoms with Crippen molar-refractivity contribution in [2.24, 2.45) is 4.99 Å². The van der Waals surface area contributed by atoms with Crippen molar-refractivity contribution in [2.45, 2.75) is 6.17 Å². The summed E-state index contributed by atoms with van der Waals surface area (Å²) in [6.07, 6.45) is 7.13. The summed E-state index contributed by atoms with van der Waals surface area (Å²) in [7, 11) is 3.64. The maximum atomic E-state index is 5.38. The molecule has 0 spiro atoms. The van der Waals surface area contributed by atoms with Crippen LogP contribution in [0, 0.1) is 24.2 Å². The molecule has 1 N–H and O–H groups in total. The molecule has 1 unspecified atom stereocenters. The van der Waals surface area contributed by atoms with Gasteiger partial charge >= 0.3 is 0 Å². The van der Waals surface area contributed by atoms with Crippen molar-refractivity contribution in [2.75, 3.05) is 27.4 Å². The molecule has 0 amide bonds. The number of methoxy groups -OCH3 is 1. The lowest BCUT2D eigenvalue weighted by Crippen LogP contribution is -2.43. The number of ether oxygens (including phenoxy) is 1. The molecule has 0 aliphatic carbocycles. The van der Waals surface area contributed by atoms with Crippen LogP contribution in [0.15, 0.2) is 41.2 Å². The summed E-state index contributed by atoms with van der Waals surface area (Å²) in [6, 6.07) is 7.67. The number of likely N-dealkylation sites (N-methyl/N-ethyl adjacent to an activating group) is 1. The number of fused-ring (bicyclic) bond motifs is 1. The Labute approximate surface area is 136 Å². The SMILES string of the molecule is C#CCN1C=C2NC(C#Cc3cccc(OC)c3)N=C2N(C)C1. The minimum Gasteiger partial charge on any atom is -0.497 e. The molecule has 0 radical (unpaired) electrons. The van der Waals surface area contributed by atoms with E-state index in [-0.39, 0.29) is 6.17 Å². The Hall–Kier alpha value is -3.05. The van der Waals surface area contributed by atoms with Crippen LogP contribution < -0.4 is 10.1 Å². The molecule has 3 rings (SSSR count). The largest absolute Gasteiger partial charge is 0.497 e. The Morgan fingerprint density at radius 1 is 1.48 bits per heavy atom. The highest BCUT2D eigenvalue weighted by Crippen LogP contribution is 2.17. The lowest BCUT2D eigenvalue weighted by Gasteiger charge is -2.31. The van der Waals surface area contributed by atoms with E-state index in [4.69, 9.17) is 11.2 Å². The molecule has 2 aliphatic heterocycles. The molecule has 0 aromatic heterocycles. The standard InChI is InChI=1S/C18H18N4O/c1-4-10-22-12-16-18(21(2)13-22)20-17(19-16)9-8-14-6-5-7-15(11-14)23-3/h1,5-7,11-12,17,19H,10,13H2,2-3H3. The first-order chi connectivity index (χ1) is 11.2. The van der Waals surface area contributed by atoms with E-state index in [1.807, 2.05) is 37.5 Å². The maximum Gasteiger partial charge on any atom is 0.184 e. The second-order valence-electron chi connectivity index (χ2n) is 5.33. The number of nitrogens with zero attached hydrogens (tertiary/aromatic N) is 3. The van der Waals surface area contributed by atoms with Gasteiger partial charge in [-0.25, -0.2) is 4.99 Å². The zero-order valence-corrected chi connectivity index (χ0v) is 13.2. The average Bonchev–Trinajstić information content (AvgIpc) is 2.97. The quantitative estimate of drug-likeness (QED) is 0.829. The first-order valence-corrected chi connectivity index (χ1v) is 7.30. The molecule has 0 fully saturated rings. The molecule has 5 nitrogen and oxygen atoms in total. The van der Waals surface area contributed by atoms with Gasteiger partial charge in [0.2, 0.25) is 0 Å². The van der Waals surface area contributed by atoms with Crippen molar-refractivity contribution in [3.05, 3.63) is 41.7 Å². The van der Waals surface area contributed by atoms with Gasteiger partial charge in [0.05, 0.1) is 26.0 Å². The van der Waals surface area contributed by atoms with Crippen LogP contribution >= 0.6 is 0 Å². The highest BCUT2D eigenvalue weighted by Gasteiger charge is 2.27. The van der Waals surface area contributed by atoms with E-state index >= 15 is 0 Å². The van der Waals surface area contributed by atoms with E-state index in [1.54, 1.807) is 7.11 Å². The van der Waals surface area contributed by atoms with E-state index in [0.717, 1.165) is 29.5 Å². The molecule has 1 aromatic carbocycles. The molecule has 1 aromatic rings. The van der Waals surface area contributed by atoms with Crippen LogP contribution in [0.3, 0.4) is 0 Å². The third-order valence-corrected chi connectivity index (χ3v) is 3.57. The van der Waals surface area contributed by atoms with Crippen LogP contribution in [-0.4, -0.2) is 49.2 Å². The van der Waals surface area contributed by atoms with Gasteiger partial charge < -0.3 is 19.9 Å². The summed E-state index contributed by atoms with van der Waals surface area (Å²) in [5.41, 5.74) is 1.86. The Kier molecular flexibility index (Phi) is 4.12. The number of hydrogen-bond donors (Lipinski definition) is 1. The zero-order chi connectivity index (χ0) is 16.2. The molecular weight excluding hydrogens is 288 g/mol.